The summed E-state index contributed by atoms with van der Waals surface area (Å²) in [6.45, 7) is 2.22. The fraction of sp³-hybridized carbons (Fsp3) is 0.167. The summed E-state index contributed by atoms with van der Waals surface area (Å²) >= 11 is 0. The average Bonchev–Trinajstić information content (AvgIpc) is 3.25. The number of ether oxygens (including phenoxy) is 3. The van der Waals surface area contributed by atoms with Crippen molar-refractivity contribution in [1.29, 1.82) is 0 Å². The molecule has 0 fully saturated rings. The van der Waals surface area contributed by atoms with E-state index in [4.69, 9.17) is 14.2 Å². The Labute approximate surface area is 174 Å². The molecule has 0 atom stereocenters. The van der Waals surface area contributed by atoms with Gasteiger partial charge in [0.05, 0.1) is 5.69 Å². The van der Waals surface area contributed by atoms with Crippen molar-refractivity contribution in [2.24, 2.45) is 0 Å². The predicted octanol–water partition coefficient (Wildman–Crippen LogP) is 4.18. The van der Waals surface area contributed by atoms with Crippen LogP contribution in [0.2, 0.25) is 0 Å². The van der Waals surface area contributed by atoms with Gasteiger partial charge >= 0.3 is 5.97 Å². The zero-order valence-corrected chi connectivity index (χ0v) is 16.5. The Morgan fingerprint density at radius 2 is 1.83 bits per heavy atom. The number of carbonyl (C=O) groups excluding carboxylic acids is 2. The molecule has 0 spiro atoms. The van der Waals surface area contributed by atoms with E-state index in [-0.39, 0.29) is 19.3 Å². The predicted molar refractivity (Wildman–Crippen MR) is 115 cm³/mol. The lowest BCUT2D eigenvalue weighted by atomic mass is 10.1. The number of amides is 1. The van der Waals surface area contributed by atoms with Gasteiger partial charge in [-0.3, -0.25) is 4.79 Å². The second-order valence-corrected chi connectivity index (χ2v) is 6.69. The smallest absolute Gasteiger partial charge is 0.331 e. The van der Waals surface area contributed by atoms with Gasteiger partial charge < -0.3 is 19.1 Å². The third kappa shape index (κ3) is 4.12. The number of hydrogen-bond donors (Lipinski definition) is 0. The first-order chi connectivity index (χ1) is 14.7. The van der Waals surface area contributed by atoms with Crippen LogP contribution in [0.4, 0.5) is 5.69 Å². The van der Waals surface area contributed by atoms with Crippen LogP contribution in [0.3, 0.4) is 0 Å². The molecule has 1 aliphatic rings. The normalized spacial score (nSPS) is 12.3. The molecule has 0 radical (unpaired) electrons. The van der Waals surface area contributed by atoms with E-state index in [1.165, 1.54) is 6.08 Å². The highest BCUT2D eigenvalue weighted by Gasteiger charge is 2.17. The van der Waals surface area contributed by atoms with Gasteiger partial charge in [0.1, 0.15) is 0 Å². The van der Waals surface area contributed by atoms with Crippen LogP contribution in [0.15, 0.2) is 66.7 Å². The number of anilines is 1. The Bertz CT molecular complexity index is 1120. The van der Waals surface area contributed by atoms with Crippen LogP contribution in [0, 0.1) is 0 Å². The van der Waals surface area contributed by atoms with Gasteiger partial charge in [0.25, 0.3) is 5.91 Å². The van der Waals surface area contributed by atoms with E-state index in [0.717, 1.165) is 22.0 Å². The SMILES string of the molecule is CCN(C(=O)COC(=O)/C=C/c1ccc2c(c1)OCO2)c1cccc2ccccc12. The van der Waals surface area contributed by atoms with Gasteiger partial charge in [-0.05, 0) is 42.1 Å². The van der Waals surface area contributed by atoms with Crippen molar-refractivity contribution >= 4 is 34.4 Å². The number of rotatable bonds is 6. The van der Waals surface area contributed by atoms with Crippen LogP contribution in [0.25, 0.3) is 16.8 Å². The van der Waals surface area contributed by atoms with Gasteiger partial charge in [-0.25, -0.2) is 4.79 Å². The van der Waals surface area contributed by atoms with Crippen molar-refractivity contribution in [2.75, 3.05) is 24.8 Å². The van der Waals surface area contributed by atoms with Crippen molar-refractivity contribution in [3.8, 4) is 11.5 Å². The molecule has 6 nitrogen and oxygen atoms in total. The van der Waals surface area contributed by atoms with Gasteiger partial charge in [-0.1, -0.05) is 42.5 Å². The minimum absolute atomic E-state index is 0.192. The number of likely N-dealkylation sites (N-methyl/N-ethyl adjacent to an activating group) is 1. The molecule has 0 saturated heterocycles. The summed E-state index contributed by atoms with van der Waals surface area (Å²) in [6, 6.07) is 19.0. The van der Waals surface area contributed by atoms with Crippen LogP contribution in [0.5, 0.6) is 11.5 Å². The van der Waals surface area contributed by atoms with E-state index in [1.54, 1.807) is 23.1 Å². The summed E-state index contributed by atoms with van der Waals surface area (Å²) in [5, 5.41) is 2.02. The van der Waals surface area contributed by atoms with Gasteiger partial charge in [0.2, 0.25) is 6.79 Å². The molecule has 0 aliphatic carbocycles. The van der Waals surface area contributed by atoms with Crippen LogP contribution in [0.1, 0.15) is 12.5 Å². The average molecular weight is 403 g/mol. The number of nitrogens with zero attached hydrogens (tertiary/aromatic N) is 1. The number of esters is 1. The highest BCUT2D eigenvalue weighted by atomic mass is 16.7. The highest BCUT2D eigenvalue weighted by Crippen LogP contribution is 2.32. The lowest BCUT2D eigenvalue weighted by Crippen LogP contribution is -2.34. The maximum atomic E-state index is 12.7. The van der Waals surface area contributed by atoms with Crippen molar-refractivity contribution < 1.29 is 23.8 Å². The Morgan fingerprint density at radius 3 is 2.70 bits per heavy atom. The van der Waals surface area contributed by atoms with Crippen LogP contribution in [-0.2, 0) is 14.3 Å². The molecule has 0 N–H and O–H groups in total. The van der Waals surface area contributed by atoms with Gasteiger partial charge in [0.15, 0.2) is 18.1 Å². The van der Waals surface area contributed by atoms with E-state index in [0.29, 0.717) is 18.0 Å². The summed E-state index contributed by atoms with van der Waals surface area (Å²) < 4.78 is 15.7. The zero-order valence-electron chi connectivity index (χ0n) is 16.5. The molecule has 6 heteroatoms. The minimum Gasteiger partial charge on any atom is -0.454 e. The van der Waals surface area contributed by atoms with Crippen LogP contribution >= 0.6 is 0 Å². The summed E-state index contributed by atoms with van der Waals surface area (Å²) in [6.07, 6.45) is 2.90. The molecular formula is C24H21NO5. The van der Waals surface area contributed by atoms with Crippen molar-refractivity contribution in [2.45, 2.75) is 6.92 Å². The van der Waals surface area contributed by atoms with Gasteiger partial charge in [-0.15, -0.1) is 0 Å². The van der Waals surface area contributed by atoms with E-state index in [9.17, 15) is 9.59 Å². The number of carbonyl (C=O) groups is 2. The number of fused-ring (bicyclic) bond motifs is 2. The quantitative estimate of drug-likeness (QED) is 0.456. The van der Waals surface area contributed by atoms with Gasteiger partial charge in [0, 0.05) is 18.0 Å². The van der Waals surface area contributed by atoms with E-state index < -0.39 is 5.97 Å². The maximum absolute atomic E-state index is 12.7. The van der Waals surface area contributed by atoms with Crippen molar-refractivity contribution in [3.63, 3.8) is 0 Å². The topological polar surface area (TPSA) is 65.1 Å². The molecule has 1 aliphatic heterocycles. The Balaban J connectivity index is 1.39. The first-order valence-corrected chi connectivity index (χ1v) is 9.68. The molecule has 1 amide bonds. The van der Waals surface area contributed by atoms with Crippen LogP contribution < -0.4 is 14.4 Å². The standard InChI is InChI=1S/C24H21NO5/c1-2-25(20-9-5-7-18-6-3-4-8-19(18)20)23(26)15-28-24(27)13-11-17-10-12-21-22(14-17)30-16-29-21/h3-14H,2,15-16H2,1H3/b13-11+. The summed E-state index contributed by atoms with van der Waals surface area (Å²) in [4.78, 5) is 26.4. The van der Waals surface area contributed by atoms with Crippen molar-refractivity contribution in [3.05, 3.63) is 72.3 Å². The molecule has 152 valence electrons. The second kappa shape index (κ2) is 8.69. The maximum Gasteiger partial charge on any atom is 0.331 e. The first-order valence-electron chi connectivity index (χ1n) is 9.68. The minimum atomic E-state index is -0.588. The Morgan fingerprint density at radius 1 is 1.03 bits per heavy atom. The van der Waals surface area contributed by atoms with Gasteiger partial charge in [-0.2, -0.15) is 0 Å². The molecule has 30 heavy (non-hydrogen) atoms. The zero-order chi connectivity index (χ0) is 20.9. The Kier molecular flexibility index (Phi) is 5.66. The lowest BCUT2D eigenvalue weighted by Gasteiger charge is -2.22. The fourth-order valence-corrected chi connectivity index (χ4v) is 3.36. The third-order valence-electron chi connectivity index (χ3n) is 4.82. The monoisotopic (exact) mass is 403 g/mol. The second-order valence-electron chi connectivity index (χ2n) is 6.69. The molecule has 4 rings (SSSR count). The summed E-state index contributed by atoms with van der Waals surface area (Å²) in [5.41, 5.74) is 1.57. The molecule has 0 bridgehead atoms. The first kappa shape index (κ1) is 19.5. The largest absolute Gasteiger partial charge is 0.454 e. The van der Waals surface area contributed by atoms with Crippen LogP contribution in [-0.4, -0.2) is 31.8 Å². The Hall–Kier alpha value is -3.80. The summed E-state index contributed by atoms with van der Waals surface area (Å²) in [7, 11) is 0. The van der Waals surface area contributed by atoms with E-state index >= 15 is 0 Å². The number of benzene rings is 3. The molecule has 0 aromatic heterocycles. The summed E-state index contributed by atoms with van der Waals surface area (Å²) in [5.74, 6) is 0.441. The highest BCUT2D eigenvalue weighted by molar-refractivity contribution is 6.04. The number of hydrogen-bond acceptors (Lipinski definition) is 5. The third-order valence-corrected chi connectivity index (χ3v) is 4.82. The molecule has 1 heterocycles. The van der Waals surface area contributed by atoms with E-state index in [1.807, 2.05) is 55.5 Å². The molecule has 3 aromatic carbocycles. The molecule has 0 unspecified atom stereocenters. The van der Waals surface area contributed by atoms with Crippen molar-refractivity contribution in [1.82, 2.24) is 0 Å². The molecule has 3 aromatic rings. The van der Waals surface area contributed by atoms with E-state index in [2.05, 4.69) is 0 Å². The lowest BCUT2D eigenvalue weighted by molar-refractivity contribution is -0.142. The fourth-order valence-electron chi connectivity index (χ4n) is 3.36. The molecule has 0 saturated carbocycles. The molecular weight excluding hydrogens is 382 g/mol.